The minimum atomic E-state index is -0.347. The summed E-state index contributed by atoms with van der Waals surface area (Å²) in [6, 6.07) is 9.91. The van der Waals surface area contributed by atoms with Crippen LogP contribution in [0.25, 0.3) is 0 Å². The molecule has 0 aliphatic carbocycles. The Hall–Kier alpha value is -3.93. The smallest absolute Gasteiger partial charge is 0.277 e. The van der Waals surface area contributed by atoms with Gasteiger partial charge in [-0.3, -0.25) is 9.59 Å². The molecule has 0 spiro atoms. The van der Waals surface area contributed by atoms with Gasteiger partial charge in [0.2, 0.25) is 11.8 Å². The fourth-order valence-corrected chi connectivity index (χ4v) is 3.41. The van der Waals surface area contributed by atoms with Gasteiger partial charge in [-0.1, -0.05) is 11.8 Å². The van der Waals surface area contributed by atoms with Crippen LogP contribution in [0.1, 0.15) is 16.2 Å². The Kier molecular flexibility index (Phi) is 8.57. The molecule has 0 atom stereocenters. The number of hydrogen-bond donors (Lipinski definition) is 2. The highest BCUT2D eigenvalue weighted by atomic mass is 32.2. The van der Waals surface area contributed by atoms with Crippen molar-refractivity contribution >= 4 is 29.3 Å². The number of thioether (sulfide) groups is 1. The number of nitrogens with one attached hydrogen (secondary N) is 2. The third-order valence-corrected chi connectivity index (χ3v) is 5.32. The lowest BCUT2D eigenvalue weighted by atomic mass is 10.2. The summed E-state index contributed by atoms with van der Waals surface area (Å²) in [6.45, 7) is 0.0218. The molecule has 0 aliphatic heterocycles. The minimum Gasteiger partial charge on any atom is -0.497 e. The van der Waals surface area contributed by atoms with Gasteiger partial charge in [0.05, 0.1) is 46.4 Å². The maximum atomic E-state index is 12.4. The second-order valence-corrected chi connectivity index (χ2v) is 7.54. The summed E-state index contributed by atoms with van der Waals surface area (Å²) in [7, 11) is 6.05. The Morgan fingerprint density at radius 1 is 0.912 bits per heavy atom. The summed E-state index contributed by atoms with van der Waals surface area (Å²) in [5.41, 5.74) is 0.868. The summed E-state index contributed by atoms with van der Waals surface area (Å²) in [4.78, 5) is 24.7. The van der Waals surface area contributed by atoms with E-state index in [1.165, 1.54) is 28.4 Å². The molecular weight excluding hydrogens is 464 g/mol. The highest BCUT2D eigenvalue weighted by molar-refractivity contribution is 7.99. The molecule has 0 saturated heterocycles. The lowest BCUT2D eigenvalue weighted by Gasteiger charge is -2.11. The Morgan fingerprint density at radius 2 is 1.65 bits per heavy atom. The third kappa shape index (κ3) is 6.32. The molecule has 2 N–H and O–H groups in total. The van der Waals surface area contributed by atoms with E-state index in [-0.39, 0.29) is 35.2 Å². The Bertz CT molecular complexity index is 1150. The van der Waals surface area contributed by atoms with E-state index in [9.17, 15) is 9.59 Å². The number of hydrogen-bond acceptors (Lipinski definition) is 10. The van der Waals surface area contributed by atoms with Crippen LogP contribution in [0.15, 0.2) is 46.0 Å². The maximum Gasteiger partial charge on any atom is 0.277 e. The number of benzene rings is 2. The first kappa shape index (κ1) is 24.7. The van der Waals surface area contributed by atoms with Gasteiger partial charge in [0, 0.05) is 11.6 Å². The zero-order valence-corrected chi connectivity index (χ0v) is 19.9. The number of aromatic nitrogens is 2. The Balaban J connectivity index is 1.51. The highest BCUT2D eigenvalue weighted by Crippen LogP contribution is 2.29. The quantitative estimate of drug-likeness (QED) is 0.388. The van der Waals surface area contributed by atoms with Gasteiger partial charge in [-0.25, -0.2) is 0 Å². The van der Waals surface area contributed by atoms with Crippen LogP contribution in [0.3, 0.4) is 0 Å². The number of methoxy groups -OCH3 is 4. The zero-order chi connectivity index (χ0) is 24.5. The van der Waals surface area contributed by atoms with E-state index in [0.29, 0.717) is 34.2 Å². The summed E-state index contributed by atoms with van der Waals surface area (Å²) in [5, 5.41) is 13.4. The molecule has 180 valence electrons. The monoisotopic (exact) mass is 488 g/mol. The predicted octanol–water partition coefficient (Wildman–Crippen LogP) is 2.76. The van der Waals surface area contributed by atoms with E-state index < -0.39 is 0 Å². The van der Waals surface area contributed by atoms with Crippen LogP contribution < -0.4 is 29.6 Å². The zero-order valence-electron chi connectivity index (χ0n) is 19.0. The van der Waals surface area contributed by atoms with Crippen molar-refractivity contribution in [1.82, 2.24) is 15.5 Å². The molecule has 11 nitrogen and oxygen atoms in total. The Morgan fingerprint density at radius 3 is 2.35 bits per heavy atom. The molecule has 0 unspecified atom stereocenters. The first-order chi connectivity index (χ1) is 16.5. The van der Waals surface area contributed by atoms with Gasteiger partial charge in [0.25, 0.3) is 11.1 Å². The molecule has 3 aromatic rings. The Labute approximate surface area is 200 Å². The standard InChI is InChI=1S/C22H24N4O7S/c1-29-14-6-8-16(30-2)15(10-14)24-19(27)12-34-22-26-25-20(33-22)11-23-21(28)13-5-7-17(31-3)18(9-13)32-4/h5-10H,11-12H2,1-4H3,(H,23,28)(H,24,27). The molecule has 1 heterocycles. The van der Waals surface area contributed by atoms with Crippen molar-refractivity contribution in [1.29, 1.82) is 0 Å². The van der Waals surface area contributed by atoms with Crippen LogP contribution in [0.4, 0.5) is 5.69 Å². The van der Waals surface area contributed by atoms with Crippen molar-refractivity contribution in [3.63, 3.8) is 0 Å². The van der Waals surface area contributed by atoms with E-state index in [2.05, 4.69) is 20.8 Å². The van der Waals surface area contributed by atoms with Crippen molar-refractivity contribution in [3.8, 4) is 23.0 Å². The van der Waals surface area contributed by atoms with Gasteiger partial charge in [0.1, 0.15) is 11.5 Å². The largest absolute Gasteiger partial charge is 0.497 e. The van der Waals surface area contributed by atoms with Gasteiger partial charge in [0.15, 0.2) is 11.5 Å². The van der Waals surface area contributed by atoms with E-state index in [1.807, 2.05) is 0 Å². The number of ether oxygens (including phenoxy) is 4. The van der Waals surface area contributed by atoms with Crippen molar-refractivity contribution in [2.45, 2.75) is 11.8 Å². The SMILES string of the molecule is COc1ccc(OC)c(NC(=O)CSc2nnc(CNC(=O)c3ccc(OC)c(OC)c3)o2)c1. The lowest BCUT2D eigenvalue weighted by molar-refractivity contribution is -0.113. The van der Waals surface area contributed by atoms with Gasteiger partial charge in [-0.15, -0.1) is 10.2 Å². The summed E-state index contributed by atoms with van der Waals surface area (Å²) >= 11 is 1.06. The number of nitrogens with zero attached hydrogens (tertiary/aromatic N) is 2. The predicted molar refractivity (Wildman–Crippen MR) is 124 cm³/mol. The van der Waals surface area contributed by atoms with Crippen molar-refractivity contribution in [2.24, 2.45) is 0 Å². The number of carbonyl (C=O) groups excluding carboxylic acids is 2. The van der Waals surface area contributed by atoms with E-state index >= 15 is 0 Å². The molecule has 2 amide bonds. The molecule has 0 fully saturated rings. The van der Waals surface area contributed by atoms with Crippen molar-refractivity contribution in [2.75, 3.05) is 39.5 Å². The van der Waals surface area contributed by atoms with E-state index in [0.717, 1.165) is 11.8 Å². The number of anilines is 1. The van der Waals surface area contributed by atoms with Crippen molar-refractivity contribution in [3.05, 3.63) is 47.9 Å². The van der Waals surface area contributed by atoms with Crippen LogP contribution in [-0.4, -0.2) is 56.2 Å². The summed E-state index contributed by atoms with van der Waals surface area (Å²) in [5.74, 6) is 1.64. The van der Waals surface area contributed by atoms with Crippen molar-refractivity contribution < 1.29 is 33.0 Å². The molecule has 1 aromatic heterocycles. The van der Waals surface area contributed by atoms with Crippen LogP contribution in [0.2, 0.25) is 0 Å². The minimum absolute atomic E-state index is 0.0218. The van der Waals surface area contributed by atoms with E-state index in [1.54, 1.807) is 36.4 Å². The fraction of sp³-hybridized carbons (Fsp3) is 0.273. The van der Waals surface area contributed by atoms with Crippen LogP contribution in [0.5, 0.6) is 23.0 Å². The van der Waals surface area contributed by atoms with Crippen LogP contribution >= 0.6 is 11.8 Å². The lowest BCUT2D eigenvalue weighted by Crippen LogP contribution is -2.23. The second-order valence-electron chi connectivity index (χ2n) is 6.62. The molecule has 0 aliphatic rings. The molecule has 2 aromatic carbocycles. The molecule has 3 rings (SSSR count). The molecule has 34 heavy (non-hydrogen) atoms. The first-order valence-electron chi connectivity index (χ1n) is 9.94. The average molecular weight is 489 g/mol. The highest BCUT2D eigenvalue weighted by Gasteiger charge is 2.15. The molecule has 0 radical (unpaired) electrons. The second kappa shape index (κ2) is 11.8. The number of carbonyl (C=O) groups is 2. The van der Waals surface area contributed by atoms with Gasteiger partial charge in [-0.05, 0) is 30.3 Å². The third-order valence-electron chi connectivity index (χ3n) is 4.50. The van der Waals surface area contributed by atoms with Gasteiger partial charge < -0.3 is 34.0 Å². The summed E-state index contributed by atoms with van der Waals surface area (Å²) < 4.78 is 26.3. The maximum absolute atomic E-state index is 12.4. The molecule has 0 bridgehead atoms. The van der Waals surface area contributed by atoms with Crippen LogP contribution in [0, 0.1) is 0 Å². The van der Waals surface area contributed by atoms with Crippen LogP contribution in [-0.2, 0) is 11.3 Å². The fourth-order valence-electron chi connectivity index (χ4n) is 2.83. The molecule has 12 heteroatoms. The van der Waals surface area contributed by atoms with E-state index in [4.69, 9.17) is 23.4 Å². The number of amides is 2. The summed E-state index contributed by atoms with van der Waals surface area (Å²) in [6.07, 6.45) is 0. The average Bonchev–Trinajstić information content (AvgIpc) is 3.33. The molecular formula is C22H24N4O7S. The molecule has 0 saturated carbocycles. The normalized spacial score (nSPS) is 10.4. The first-order valence-corrected chi connectivity index (χ1v) is 10.9. The van der Waals surface area contributed by atoms with Gasteiger partial charge >= 0.3 is 0 Å². The van der Waals surface area contributed by atoms with Gasteiger partial charge in [-0.2, -0.15) is 0 Å². The topological polar surface area (TPSA) is 134 Å². The number of rotatable bonds is 11.